The Hall–Kier alpha value is -2.85. The van der Waals surface area contributed by atoms with Gasteiger partial charge in [-0.3, -0.25) is 4.90 Å². The van der Waals surface area contributed by atoms with Crippen molar-refractivity contribution < 1.29 is 9.53 Å². The van der Waals surface area contributed by atoms with Gasteiger partial charge < -0.3 is 4.74 Å². The van der Waals surface area contributed by atoms with Crippen LogP contribution in [0, 0.1) is 0 Å². The van der Waals surface area contributed by atoms with Gasteiger partial charge in [-0.25, -0.2) is 4.79 Å². The number of hydrogen-bond donors (Lipinski definition) is 0. The number of carbonyl (C=O) groups excluding carboxylic acids is 1. The van der Waals surface area contributed by atoms with Gasteiger partial charge in [0.05, 0.1) is 17.2 Å². The zero-order chi connectivity index (χ0) is 24.2. The maximum atomic E-state index is 12.9. The standard InChI is InChI=1S/C30H27Cl2NO2/c31-25-12-13-28(29(32)18-25)30(34)35-20-24(27-11-5-9-22-7-3-4-10-26(22)27)15-17-33-16-14-21-6-1-2-8-23(21)19-33/h1-13,18,24H,14-17,19-20H2. The third-order valence-corrected chi connectivity index (χ3v) is 7.38. The fourth-order valence-electron chi connectivity index (χ4n) is 4.93. The lowest BCUT2D eigenvalue weighted by Crippen LogP contribution is -2.32. The largest absolute Gasteiger partial charge is 0.461 e. The summed E-state index contributed by atoms with van der Waals surface area (Å²) in [5.41, 5.74) is 4.39. The van der Waals surface area contributed by atoms with Crippen molar-refractivity contribution in [3.8, 4) is 0 Å². The van der Waals surface area contributed by atoms with E-state index in [-0.39, 0.29) is 12.5 Å². The Morgan fingerprint density at radius 2 is 1.69 bits per heavy atom. The minimum Gasteiger partial charge on any atom is -0.461 e. The highest BCUT2D eigenvalue weighted by atomic mass is 35.5. The highest BCUT2D eigenvalue weighted by Crippen LogP contribution is 2.30. The topological polar surface area (TPSA) is 29.5 Å². The SMILES string of the molecule is O=C(OCC(CCN1CCc2ccccc2C1)c1cccc2ccccc12)c1ccc(Cl)cc1Cl. The summed E-state index contributed by atoms with van der Waals surface area (Å²) < 4.78 is 5.83. The second-order valence-corrected chi connectivity index (χ2v) is 9.92. The third kappa shape index (κ3) is 5.54. The van der Waals surface area contributed by atoms with E-state index >= 15 is 0 Å². The molecule has 0 N–H and O–H groups in total. The van der Waals surface area contributed by atoms with Crippen molar-refractivity contribution in [2.24, 2.45) is 0 Å². The van der Waals surface area contributed by atoms with Gasteiger partial charge in [0.25, 0.3) is 0 Å². The number of halogens is 2. The third-order valence-electron chi connectivity index (χ3n) is 6.83. The number of fused-ring (bicyclic) bond motifs is 2. The Morgan fingerprint density at radius 3 is 2.54 bits per heavy atom. The highest BCUT2D eigenvalue weighted by Gasteiger charge is 2.22. The van der Waals surface area contributed by atoms with E-state index in [0.29, 0.717) is 15.6 Å². The lowest BCUT2D eigenvalue weighted by molar-refractivity contribution is 0.0470. The number of rotatable bonds is 7. The summed E-state index contributed by atoms with van der Waals surface area (Å²) in [6.07, 6.45) is 1.96. The normalized spacial score (nSPS) is 14.5. The molecule has 0 spiro atoms. The molecule has 1 aliphatic heterocycles. The van der Waals surface area contributed by atoms with Crippen LogP contribution in [0.1, 0.15) is 39.4 Å². The molecule has 0 saturated carbocycles. The molecule has 1 atom stereocenters. The Bertz CT molecular complexity index is 1350. The molecule has 3 nitrogen and oxygen atoms in total. The van der Waals surface area contributed by atoms with E-state index < -0.39 is 5.97 Å². The van der Waals surface area contributed by atoms with Crippen LogP contribution in [-0.2, 0) is 17.7 Å². The first kappa shape index (κ1) is 23.9. The van der Waals surface area contributed by atoms with E-state index in [1.807, 2.05) is 0 Å². The molecule has 0 bridgehead atoms. The van der Waals surface area contributed by atoms with Crippen LogP contribution >= 0.6 is 23.2 Å². The molecule has 4 aromatic rings. The molecule has 1 unspecified atom stereocenters. The number of ether oxygens (including phenoxy) is 1. The molecule has 0 amide bonds. The Kier molecular flexibility index (Phi) is 7.38. The van der Waals surface area contributed by atoms with Crippen molar-refractivity contribution in [3.63, 3.8) is 0 Å². The fourth-order valence-corrected chi connectivity index (χ4v) is 5.41. The van der Waals surface area contributed by atoms with E-state index in [1.54, 1.807) is 18.2 Å². The molecular formula is C30H27Cl2NO2. The molecule has 5 rings (SSSR count). The minimum atomic E-state index is -0.427. The van der Waals surface area contributed by atoms with Gasteiger partial charge in [0, 0.05) is 24.0 Å². The van der Waals surface area contributed by atoms with Crippen LogP contribution in [0.5, 0.6) is 0 Å². The molecule has 4 aromatic carbocycles. The smallest absolute Gasteiger partial charge is 0.339 e. The lowest BCUT2D eigenvalue weighted by Gasteiger charge is -2.30. The van der Waals surface area contributed by atoms with Gasteiger partial charge in [0.2, 0.25) is 0 Å². The van der Waals surface area contributed by atoms with Crippen LogP contribution in [0.2, 0.25) is 10.0 Å². The average molecular weight is 504 g/mol. The summed E-state index contributed by atoms with van der Waals surface area (Å²) in [7, 11) is 0. The van der Waals surface area contributed by atoms with Gasteiger partial charge >= 0.3 is 5.97 Å². The van der Waals surface area contributed by atoms with Crippen molar-refractivity contribution >= 4 is 39.9 Å². The zero-order valence-corrected chi connectivity index (χ0v) is 20.9. The molecule has 1 aliphatic rings. The van der Waals surface area contributed by atoms with Crippen molar-refractivity contribution in [2.75, 3.05) is 19.7 Å². The van der Waals surface area contributed by atoms with Crippen LogP contribution in [0.25, 0.3) is 10.8 Å². The summed E-state index contributed by atoms with van der Waals surface area (Å²) in [5.74, 6) is -0.364. The van der Waals surface area contributed by atoms with Gasteiger partial charge in [-0.05, 0) is 65.0 Å². The average Bonchev–Trinajstić information content (AvgIpc) is 2.88. The molecule has 1 heterocycles. The molecule has 35 heavy (non-hydrogen) atoms. The van der Waals surface area contributed by atoms with Crippen LogP contribution in [-0.4, -0.2) is 30.6 Å². The Balaban J connectivity index is 1.35. The summed E-state index contributed by atoms with van der Waals surface area (Å²) in [6.45, 7) is 3.22. The number of benzene rings is 4. The predicted octanol–water partition coefficient (Wildman–Crippen LogP) is 7.54. The van der Waals surface area contributed by atoms with Crippen LogP contribution in [0.15, 0.2) is 84.9 Å². The van der Waals surface area contributed by atoms with E-state index in [4.69, 9.17) is 27.9 Å². The van der Waals surface area contributed by atoms with Crippen LogP contribution < -0.4 is 0 Å². The van der Waals surface area contributed by atoms with Crippen LogP contribution in [0.4, 0.5) is 0 Å². The predicted molar refractivity (Wildman–Crippen MR) is 143 cm³/mol. The fraction of sp³-hybridized carbons (Fsp3) is 0.233. The number of hydrogen-bond acceptors (Lipinski definition) is 3. The summed E-state index contributed by atoms with van der Waals surface area (Å²) in [5, 5.41) is 3.18. The monoisotopic (exact) mass is 503 g/mol. The zero-order valence-electron chi connectivity index (χ0n) is 19.4. The Labute approximate surface area is 216 Å². The highest BCUT2D eigenvalue weighted by molar-refractivity contribution is 6.36. The summed E-state index contributed by atoms with van der Waals surface area (Å²) >= 11 is 12.2. The van der Waals surface area contributed by atoms with Gasteiger partial charge in [0.1, 0.15) is 0 Å². The number of esters is 1. The molecule has 5 heteroatoms. The quantitative estimate of drug-likeness (QED) is 0.244. The van der Waals surface area contributed by atoms with E-state index in [0.717, 1.165) is 32.5 Å². The molecule has 178 valence electrons. The molecule has 0 saturated heterocycles. The van der Waals surface area contributed by atoms with Crippen LogP contribution in [0.3, 0.4) is 0 Å². The maximum Gasteiger partial charge on any atom is 0.339 e. The van der Waals surface area contributed by atoms with E-state index in [9.17, 15) is 4.79 Å². The first-order valence-corrected chi connectivity index (χ1v) is 12.7. The second-order valence-electron chi connectivity index (χ2n) is 9.07. The first-order valence-electron chi connectivity index (χ1n) is 12.0. The molecular weight excluding hydrogens is 477 g/mol. The van der Waals surface area contributed by atoms with Crippen molar-refractivity contribution in [3.05, 3.63) is 117 Å². The van der Waals surface area contributed by atoms with E-state index in [1.165, 1.54) is 27.5 Å². The summed E-state index contributed by atoms with van der Waals surface area (Å²) in [4.78, 5) is 15.4. The van der Waals surface area contributed by atoms with E-state index in [2.05, 4.69) is 71.6 Å². The summed E-state index contributed by atoms with van der Waals surface area (Å²) in [6, 6.07) is 28.3. The van der Waals surface area contributed by atoms with Gasteiger partial charge in [-0.15, -0.1) is 0 Å². The number of carbonyl (C=O) groups is 1. The van der Waals surface area contributed by atoms with Gasteiger partial charge in [0.15, 0.2) is 0 Å². The molecule has 0 fully saturated rings. The Morgan fingerprint density at radius 1 is 0.914 bits per heavy atom. The minimum absolute atomic E-state index is 0.0632. The van der Waals surface area contributed by atoms with Crippen molar-refractivity contribution in [2.45, 2.75) is 25.3 Å². The first-order chi connectivity index (χ1) is 17.1. The van der Waals surface area contributed by atoms with Crippen molar-refractivity contribution in [1.82, 2.24) is 4.90 Å². The second kappa shape index (κ2) is 10.8. The van der Waals surface area contributed by atoms with Gasteiger partial charge in [-0.1, -0.05) is 89.9 Å². The lowest BCUT2D eigenvalue weighted by atomic mass is 9.91. The maximum absolute atomic E-state index is 12.9. The van der Waals surface area contributed by atoms with Crippen molar-refractivity contribution in [1.29, 1.82) is 0 Å². The molecule has 0 radical (unpaired) electrons. The van der Waals surface area contributed by atoms with Gasteiger partial charge in [-0.2, -0.15) is 0 Å². The molecule has 0 aliphatic carbocycles. The molecule has 0 aromatic heterocycles. The number of nitrogens with zero attached hydrogens (tertiary/aromatic N) is 1.